The van der Waals surface area contributed by atoms with E-state index in [0.29, 0.717) is 0 Å². The second kappa shape index (κ2) is 4.24. The van der Waals surface area contributed by atoms with Crippen LogP contribution in [-0.2, 0) is 4.75 Å². The first kappa shape index (κ1) is 10.0. The van der Waals surface area contributed by atoms with Gasteiger partial charge in [0.2, 0.25) is 0 Å². The van der Waals surface area contributed by atoms with Crippen LogP contribution in [0.1, 0.15) is 12.5 Å². The van der Waals surface area contributed by atoms with Crippen molar-refractivity contribution in [1.82, 2.24) is 0 Å². The number of rotatable bonds is 3. The highest BCUT2D eigenvalue weighted by molar-refractivity contribution is 8.00. The van der Waals surface area contributed by atoms with Gasteiger partial charge >= 0.3 is 0 Å². The van der Waals surface area contributed by atoms with Crippen molar-refractivity contribution >= 4 is 24.4 Å². The number of hydrogen-bond donors (Lipinski definition) is 1. The molecule has 1 atom stereocenters. The molecule has 0 saturated carbocycles. The van der Waals surface area contributed by atoms with E-state index in [0.717, 1.165) is 5.75 Å². The number of thioether (sulfide) groups is 1. The van der Waals surface area contributed by atoms with Crippen LogP contribution in [0.5, 0.6) is 0 Å². The molecule has 12 heavy (non-hydrogen) atoms. The maximum absolute atomic E-state index is 4.37. The van der Waals surface area contributed by atoms with Crippen LogP contribution in [0.25, 0.3) is 0 Å². The molecule has 0 amide bonds. The minimum Gasteiger partial charge on any atom is -0.178 e. The second-order valence-corrected chi connectivity index (χ2v) is 4.58. The molecule has 0 fully saturated rings. The van der Waals surface area contributed by atoms with Crippen molar-refractivity contribution in [1.29, 1.82) is 0 Å². The molecule has 0 aliphatic rings. The molecular formula is C10H14S2. The van der Waals surface area contributed by atoms with Gasteiger partial charge in [0.1, 0.15) is 0 Å². The Morgan fingerprint density at radius 2 is 1.92 bits per heavy atom. The molecule has 66 valence electrons. The third-order valence-electron chi connectivity index (χ3n) is 2.14. The molecule has 0 aromatic heterocycles. The zero-order chi connectivity index (χ0) is 9.03. The van der Waals surface area contributed by atoms with Crippen LogP contribution in [0.4, 0.5) is 0 Å². The van der Waals surface area contributed by atoms with E-state index in [1.165, 1.54) is 5.56 Å². The minimum atomic E-state index is 0.157. The van der Waals surface area contributed by atoms with E-state index in [4.69, 9.17) is 0 Å². The van der Waals surface area contributed by atoms with Crippen molar-refractivity contribution in [2.75, 3.05) is 12.0 Å². The molecule has 0 spiro atoms. The van der Waals surface area contributed by atoms with Crippen molar-refractivity contribution in [3.05, 3.63) is 35.9 Å². The Morgan fingerprint density at radius 1 is 1.33 bits per heavy atom. The first-order valence-corrected chi connectivity index (χ1v) is 5.80. The average molecular weight is 198 g/mol. The first-order chi connectivity index (χ1) is 5.73. The molecule has 1 unspecified atom stereocenters. The molecular weight excluding hydrogens is 184 g/mol. The van der Waals surface area contributed by atoms with Gasteiger partial charge in [-0.25, -0.2) is 0 Å². The third-order valence-corrected chi connectivity index (χ3v) is 4.26. The number of benzene rings is 1. The molecule has 1 rings (SSSR count). The molecule has 1 aromatic rings. The molecule has 0 N–H and O–H groups in total. The van der Waals surface area contributed by atoms with Gasteiger partial charge in [-0.3, -0.25) is 0 Å². The molecule has 0 bridgehead atoms. The maximum atomic E-state index is 4.37. The number of thiol groups is 1. The molecule has 0 aliphatic heterocycles. The van der Waals surface area contributed by atoms with E-state index in [9.17, 15) is 0 Å². The summed E-state index contributed by atoms with van der Waals surface area (Å²) >= 11 is 6.22. The summed E-state index contributed by atoms with van der Waals surface area (Å²) in [7, 11) is 0. The second-order valence-electron chi connectivity index (χ2n) is 2.96. The minimum absolute atomic E-state index is 0.157. The molecule has 1 aromatic carbocycles. The van der Waals surface area contributed by atoms with E-state index >= 15 is 0 Å². The Labute approximate surface area is 84.2 Å². The summed E-state index contributed by atoms with van der Waals surface area (Å²) in [6, 6.07) is 10.5. The monoisotopic (exact) mass is 198 g/mol. The summed E-state index contributed by atoms with van der Waals surface area (Å²) in [5, 5.41) is 0. The van der Waals surface area contributed by atoms with Gasteiger partial charge in [0.15, 0.2) is 0 Å². The Bertz CT molecular complexity index is 227. The lowest BCUT2D eigenvalue weighted by molar-refractivity contribution is 0.802. The first-order valence-electron chi connectivity index (χ1n) is 3.94. The van der Waals surface area contributed by atoms with Crippen LogP contribution in [0.2, 0.25) is 0 Å². The van der Waals surface area contributed by atoms with Gasteiger partial charge in [-0.2, -0.15) is 24.4 Å². The molecule has 0 nitrogen and oxygen atoms in total. The topological polar surface area (TPSA) is 0 Å². The summed E-state index contributed by atoms with van der Waals surface area (Å²) < 4.78 is 0.157. The van der Waals surface area contributed by atoms with Gasteiger partial charge in [-0.1, -0.05) is 30.3 Å². The quantitative estimate of drug-likeness (QED) is 0.728. The van der Waals surface area contributed by atoms with E-state index in [1.54, 1.807) is 0 Å². The molecule has 0 aliphatic carbocycles. The summed E-state index contributed by atoms with van der Waals surface area (Å²) in [6.45, 7) is 2.22. The van der Waals surface area contributed by atoms with Crippen molar-refractivity contribution in [3.63, 3.8) is 0 Å². The fraction of sp³-hybridized carbons (Fsp3) is 0.400. The van der Waals surface area contributed by atoms with Crippen LogP contribution < -0.4 is 0 Å². The van der Waals surface area contributed by atoms with E-state index in [-0.39, 0.29) is 4.75 Å². The van der Waals surface area contributed by atoms with Gasteiger partial charge in [0, 0.05) is 10.5 Å². The zero-order valence-electron chi connectivity index (χ0n) is 7.45. The lowest BCUT2D eigenvalue weighted by atomic mass is 10.0. The van der Waals surface area contributed by atoms with Crippen LogP contribution in [0.15, 0.2) is 30.3 Å². The highest BCUT2D eigenvalue weighted by Crippen LogP contribution is 2.34. The number of hydrogen-bond acceptors (Lipinski definition) is 2. The molecule has 0 saturated heterocycles. The summed E-state index contributed by atoms with van der Waals surface area (Å²) in [4.78, 5) is 0. The molecule has 0 radical (unpaired) electrons. The summed E-state index contributed by atoms with van der Waals surface area (Å²) in [5.41, 5.74) is 1.35. The van der Waals surface area contributed by atoms with Crippen LogP contribution in [-0.4, -0.2) is 12.0 Å². The van der Waals surface area contributed by atoms with Gasteiger partial charge in [-0.15, -0.1) is 0 Å². The predicted octanol–water partition coefficient (Wildman–Crippen LogP) is 3.19. The van der Waals surface area contributed by atoms with Crippen LogP contribution >= 0.6 is 24.4 Å². The Kier molecular flexibility index (Phi) is 3.53. The Balaban J connectivity index is 2.95. The predicted molar refractivity (Wildman–Crippen MR) is 61.2 cm³/mol. The van der Waals surface area contributed by atoms with Crippen molar-refractivity contribution in [2.24, 2.45) is 0 Å². The maximum Gasteiger partial charge on any atom is 0.0465 e. The smallest absolute Gasteiger partial charge is 0.0465 e. The van der Waals surface area contributed by atoms with Gasteiger partial charge < -0.3 is 0 Å². The standard InChI is InChI=1S/C10H14S2/c1-10(8-11,12-2)9-6-4-3-5-7-9/h3-7,11H,8H2,1-2H3. The third kappa shape index (κ3) is 1.99. The Morgan fingerprint density at radius 3 is 2.33 bits per heavy atom. The largest absolute Gasteiger partial charge is 0.178 e. The van der Waals surface area contributed by atoms with Crippen LogP contribution in [0.3, 0.4) is 0 Å². The fourth-order valence-electron chi connectivity index (χ4n) is 1.06. The van der Waals surface area contributed by atoms with Gasteiger partial charge in [0.05, 0.1) is 0 Å². The Hall–Kier alpha value is -0.0800. The van der Waals surface area contributed by atoms with Crippen molar-refractivity contribution < 1.29 is 0 Å². The van der Waals surface area contributed by atoms with Crippen molar-refractivity contribution in [2.45, 2.75) is 11.7 Å². The zero-order valence-corrected chi connectivity index (χ0v) is 9.16. The fourth-order valence-corrected chi connectivity index (χ4v) is 2.14. The normalized spacial score (nSPS) is 15.6. The molecule has 2 heteroatoms. The van der Waals surface area contributed by atoms with Crippen molar-refractivity contribution in [3.8, 4) is 0 Å². The highest BCUT2D eigenvalue weighted by atomic mass is 32.2. The van der Waals surface area contributed by atoms with Gasteiger partial charge in [-0.05, 0) is 18.7 Å². The van der Waals surface area contributed by atoms with E-state index in [2.05, 4.69) is 50.1 Å². The van der Waals surface area contributed by atoms with E-state index < -0.39 is 0 Å². The summed E-state index contributed by atoms with van der Waals surface area (Å²) in [6.07, 6.45) is 2.13. The molecule has 0 heterocycles. The lowest BCUT2D eigenvalue weighted by Gasteiger charge is -2.25. The van der Waals surface area contributed by atoms with Crippen LogP contribution in [0, 0.1) is 0 Å². The van der Waals surface area contributed by atoms with Gasteiger partial charge in [0.25, 0.3) is 0 Å². The van der Waals surface area contributed by atoms with E-state index in [1.807, 2.05) is 17.8 Å². The highest BCUT2D eigenvalue weighted by Gasteiger charge is 2.22. The summed E-state index contributed by atoms with van der Waals surface area (Å²) in [5.74, 6) is 0.873. The lowest BCUT2D eigenvalue weighted by Crippen LogP contribution is -2.18. The SMILES string of the molecule is CSC(C)(CS)c1ccccc1. The average Bonchev–Trinajstić information content (AvgIpc) is 2.18.